The van der Waals surface area contributed by atoms with Crippen molar-refractivity contribution < 1.29 is 9.13 Å². The summed E-state index contributed by atoms with van der Waals surface area (Å²) in [6, 6.07) is 11.9. The topological polar surface area (TPSA) is 74.8 Å². The number of aromatic nitrogens is 5. The van der Waals surface area contributed by atoms with E-state index in [9.17, 15) is 9.18 Å². The van der Waals surface area contributed by atoms with E-state index in [0.29, 0.717) is 10.8 Å². The number of tetrazole rings is 1. The van der Waals surface area contributed by atoms with Crippen LogP contribution in [0.5, 0.6) is 5.19 Å². The van der Waals surface area contributed by atoms with Crippen LogP contribution in [0.15, 0.2) is 57.1 Å². The van der Waals surface area contributed by atoms with Gasteiger partial charge in [0.1, 0.15) is 12.4 Å². The lowest BCUT2D eigenvalue weighted by atomic mass is 10.2. The summed E-state index contributed by atoms with van der Waals surface area (Å²) in [4.78, 5) is 16.6. The minimum atomic E-state index is -0.483. The first-order chi connectivity index (χ1) is 13.5. The molecule has 0 saturated carbocycles. The van der Waals surface area contributed by atoms with Crippen molar-refractivity contribution in [3.63, 3.8) is 0 Å². The Balaban J connectivity index is 1.57. The zero-order valence-corrected chi connectivity index (χ0v) is 16.9. The van der Waals surface area contributed by atoms with Gasteiger partial charge < -0.3 is 4.74 Å². The molecule has 4 aromatic rings. The monoisotopic (exact) mass is 461 g/mol. The summed E-state index contributed by atoms with van der Waals surface area (Å²) >= 11 is 4.77. The molecule has 0 fully saturated rings. The van der Waals surface area contributed by atoms with Crippen molar-refractivity contribution in [2.24, 2.45) is 7.05 Å². The molecular weight excluding hydrogens is 449 g/mol. The Bertz CT molecular complexity index is 1190. The van der Waals surface area contributed by atoms with E-state index < -0.39 is 11.5 Å². The molecule has 2 aromatic heterocycles. The Morgan fingerprint density at radius 3 is 2.68 bits per heavy atom. The molecular formula is C18H13BrFN5O2S. The standard InChI is InChI=1S/C18H13BrFN5O2S/c1-24-18(26)25(23-22-24)16-8-14(20)7-4-12(16)9-27-17-21-15(10-28-17)11-2-5-13(19)6-3-11/h2-8,10H,9H2,1H3. The second-order valence-electron chi connectivity index (χ2n) is 5.86. The second-order valence-corrected chi connectivity index (χ2v) is 7.60. The van der Waals surface area contributed by atoms with Gasteiger partial charge in [-0.25, -0.2) is 14.2 Å². The molecule has 0 unspecified atom stereocenters. The van der Waals surface area contributed by atoms with E-state index in [1.807, 2.05) is 29.6 Å². The van der Waals surface area contributed by atoms with Crippen LogP contribution < -0.4 is 10.4 Å². The Kier molecular flexibility index (Phi) is 5.05. The van der Waals surface area contributed by atoms with Crippen LogP contribution in [-0.4, -0.2) is 24.8 Å². The van der Waals surface area contributed by atoms with Gasteiger partial charge in [-0.3, -0.25) is 0 Å². The molecule has 0 N–H and O–H groups in total. The Hall–Kier alpha value is -2.85. The van der Waals surface area contributed by atoms with Crippen molar-refractivity contribution in [3.8, 4) is 22.1 Å². The van der Waals surface area contributed by atoms with Crippen LogP contribution in [-0.2, 0) is 13.7 Å². The quantitative estimate of drug-likeness (QED) is 0.454. The first-order valence-electron chi connectivity index (χ1n) is 8.13. The highest BCUT2D eigenvalue weighted by Gasteiger charge is 2.14. The third-order valence-corrected chi connectivity index (χ3v) is 5.25. The van der Waals surface area contributed by atoms with Gasteiger partial charge in [0.25, 0.3) is 5.19 Å². The molecule has 28 heavy (non-hydrogen) atoms. The molecule has 7 nitrogen and oxygen atoms in total. The molecule has 0 spiro atoms. The minimum Gasteiger partial charge on any atom is -0.465 e. The molecule has 0 saturated heterocycles. The molecule has 0 amide bonds. The van der Waals surface area contributed by atoms with E-state index in [1.165, 1.54) is 30.5 Å². The van der Waals surface area contributed by atoms with E-state index >= 15 is 0 Å². The molecule has 0 aliphatic carbocycles. The van der Waals surface area contributed by atoms with Gasteiger partial charge in [0, 0.05) is 34.1 Å². The van der Waals surface area contributed by atoms with Gasteiger partial charge >= 0.3 is 5.69 Å². The van der Waals surface area contributed by atoms with Gasteiger partial charge in [-0.05, 0) is 28.6 Å². The lowest BCUT2D eigenvalue weighted by molar-refractivity contribution is 0.304. The molecule has 4 rings (SSSR count). The van der Waals surface area contributed by atoms with Crippen LogP contribution in [0.4, 0.5) is 4.39 Å². The predicted molar refractivity (Wildman–Crippen MR) is 106 cm³/mol. The van der Waals surface area contributed by atoms with Crippen LogP contribution >= 0.6 is 27.3 Å². The van der Waals surface area contributed by atoms with Crippen LogP contribution in [0.2, 0.25) is 0 Å². The van der Waals surface area contributed by atoms with Crippen molar-refractivity contribution in [2.75, 3.05) is 0 Å². The molecule has 0 atom stereocenters. The summed E-state index contributed by atoms with van der Waals surface area (Å²) < 4.78 is 22.6. The summed E-state index contributed by atoms with van der Waals surface area (Å²) in [5.74, 6) is -0.483. The summed E-state index contributed by atoms with van der Waals surface area (Å²) in [6.07, 6.45) is 0. The molecule has 2 aromatic carbocycles. The lowest BCUT2D eigenvalue weighted by Gasteiger charge is -2.08. The number of benzene rings is 2. The number of thiazole rings is 1. The zero-order valence-electron chi connectivity index (χ0n) is 14.5. The van der Waals surface area contributed by atoms with Gasteiger partial charge in [0.05, 0.1) is 11.4 Å². The number of hydrogen-bond acceptors (Lipinski definition) is 6. The van der Waals surface area contributed by atoms with E-state index in [2.05, 4.69) is 31.3 Å². The summed E-state index contributed by atoms with van der Waals surface area (Å²) in [5.41, 5.74) is 2.17. The highest BCUT2D eigenvalue weighted by atomic mass is 79.9. The number of aryl methyl sites for hydroxylation is 1. The molecule has 0 aliphatic heterocycles. The molecule has 0 aliphatic rings. The highest BCUT2D eigenvalue weighted by molar-refractivity contribution is 9.10. The van der Waals surface area contributed by atoms with Crippen molar-refractivity contribution >= 4 is 27.3 Å². The smallest absolute Gasteiger partial charge is 0.368 e. The molecule has 2 heterocycles. The van der Waals surface area contributed by atoms with Crippen molar-refractivity contribution in [1.29, 1.82) is 0 Å². The summed E-state index contributed by atoms with van der Waals surface area (Å²) in [6.45, 7) is 0.103. The number of rotatable bonds is 5. The Morgan fingerprint density at radius 2 is 1.96 bits per heavy atom. The summed E-state index contributed by atoms with van der Waals surface area (Å²) in [7, 11) is 1.47. The fourth-order valence-corrected chi connectivity index (χ4v) is 3.48. The highest BCUT2D eigenvalue weighted by Crippen LogP contribution is 2.28. The van der Waals surface area contributed by atoms with Crippen LogP contribution in [0, 0.1) is 5.82 Å². The molecule has 142 valence electrons. The Labute approximate surface area is 171 Å². The van der Waals surface area contributed by atoms with Gasteiger partial charge in [-0.1, -0.05) is 45.5 Å². The molecule has 10 heteroatoms. The summed E-state index contributed by atoms with van der Waals surface area (Å²) in [5, 5.41) is 9.81. The SMILES string of the molecule is Cn1nnn(-c2cc(F)ccc2COc2nc(-c3ccc(Br)cc3)cs2)c1=O. The van der Waals surface area contributed by atoms with Crippen molar-refractivity contribution in [1.82, 2.24) is 24.8 Å². The van der Waals surface area contributed by atoms with E-state index in [0.717, 1.165) is 25.1 Å². The van der Waals surface area contributed by atoms with Crippen molar-refractivity contribution in [3.05, 3.63) is 74.2 Å². The molecule has 0 radical (unpaired) electrons. The third-order valence-electron chi connectivity index (χ3n) is 3.97. The van der Waals surface area contributed by atoms with Gasteiger partial charge in [-0.15, -0.1) is 0 Å². The largest absolute Gasteiger partial charge is 0.465 e. The van der Waals surface area contributed by atoms with Gasteiger partial charge in [0.15, 0.2) is 0 Å². The maximum atomic E-state index is 13.7. The maximum Gasteiger partial charge on any atom is 0.368 e. The van der Waals surface area contributed by atoms with Crippen LogP contribution in [0.3, 0.4) is 0 Å². The Morgan fingerprint density at radius 1 is 1.18 bits per heavy atom. The maximum absolute atomic E-state index is 13.7. The number of nitrogens with zero attached hydrogens (tertiary/aromatic N) is 5. The number of halogens is 2. The second kappa shape index (κ2) is 7.64. The fourth-order valence-electron chi connectivity index (χ4n) is 2.54. The van der Waals surface area contributed by atoms with E-state index in [1.54, 1.807) is 6.07 Å². The van der Waals surface area contributed by atoms with Gasteiger partial charge in [-0.2, -0.15) is 9.36 Å². The fraction of sp³-hybridized carbons (Fsp3) is 0.111. The van der Waals surface area contributed by atoms with Crippen LogP contribution in [0.1, 0.15) is 5.56 Å². The van der Waals surface area contributed by atoms with Crippen molar-refractivity contribution in [2.45, 2.75) is 6.61 Å². The number of ether oxygens (including phenoxy) is 1. The minimum absolute atomic E-state index is 0.103. The third kappa shape index (κ3) is 3.73. The first-order valence-corrected chi connectivity index (χ1v) is 9.80. The average molecular weight is 462 g/mol. The zero-order chi connectivity index (χ0) is 19.7. The first kappa shape index (κ1) is 18.5. The van der Waals surface area contributed by atoms with Crippen LogP contribution in [0.25, 0.3) is 16.9 Å². The van der Waals surface area contributed by atoms with E-state index in [-0.39, 0.29) is 12.3 Å². The molecule has 0 bridgehead atoms. The lowest BCUT2D eigenvalue weighted by Crippen LogP contribution is -2.23. The van der Waals surface area contributed by atoms with Gasteiger partial charge in [0.2, 0.25) is 0 Å². The number of hydrogen-bond donors (Lipinski definition) is 0. The normalized spacial score (nSPS) is 11.0. The van der Waals surface area contributed by atoms with E-state index in [4.69, 9.17) is 4.74 Å². The average Bonchev–Trinajstić information content (AvgIpc) is 3.29. The predicted octanol–water partition coefficient (Wildman–Crippen LogP) is 3.57.